The monoisotopic (exact) mass is 277 g/mol. The summed E-state index contributed by atoms with van der Waals surface area (Å²) in [5.41, 5.74) is 2.04. The van der Waals surface area contributed by atoms with Crippen LogP contribution in [0.5, 0.6) is 0 Å². The summed E-state index contributed by atoms with van der Waals surface area (Å²) in [6.07, 6.45) is 3.00. The molecule has 0 fully saturated rings. The van der Waals surface area contributed by atoms with Crippen LogP contribution in [-0.2, 0) is 13.0 Å². The predicted octanol–water partition coefficient (Wildman–Crippen LogP) is 3.60. The molecule has 0 atom stereocenters. The van der Waals surface area contributed by atoms with Crippen molar-refractivity contribution in [1.82, 2.24) is 9.78 Å². The summed E-state index contributed by atoms with van der Waals surface area (Å²) in [5.74, 6) is -0.146. The summed E-state index contributed by atoms with van der Waals surface area (Å²) < 4.78 is 28.9. The topological polar surface area (TPSA) is 29.9 Å². The molecule has 0 saturated heterocycles. The first-order valence-electron chi connectivity index (χ1n) is 6.99. The van der Waals surface area contributed by atoms with Crippen molar-refractivity contribution in [2.75, 3.05) is 11.9 Å². The SMILES string of the molecule is CCn1nc(-c2ccc(F)cc2F)c2c1NCCCC2. The van der Waals surface area contributed by atoms with E-state index in [9.17, 15) is 8.78 Å². The Balaban J connectivity index is 2.16. The van der Waals surface area contributed by atoms with E-state index in [2.05, 4.69) is 10.4 Å². The van der Waals surface area contributed by atoms with Crippen LogP contribution in [0.4, 0.5) is 14.6 Å². The fourth-order valence-corrected chi connectivity index (χ4v) is 2.69. The van der Waals surface area contributed by atoms with Crippen LogP contribution < -0.4 is 5.32 Å². The number of fused-ring (bicyclic) bond motifs is 1. The van der Waals surface area contributed by atoms with E-state index >= 15 is 0 Å². The third-order valence-electron chi connectivity index (χ3n) is 3.68. The molecule has 0 spiro atoms. The van der Waals surface area contributed by atoms with Crippen molar-refractivity contribution in [1.29, 1.82) is 0 Å². The Morgan fingerprint density at radius 2 is 2.15 bits per heavy atom. The summed E-state index contributed by atoms with van der Waals surface area (Å²) in [6, 6.07) is 3.66. The van der Waals surface area contributed by atoms with Crippen molar-refractivity contribution in [3.05, 3.63) is 35.4 Å². The number of hydrogen-bond acceptors (Lipinski definition) is 2. The standard InChI is InChI=1S/C15H17F2N3/c1-2-20-15-12(5-3-4-8-18-15)14(19-20)11-7-6-10(16)9-13(11)17/h6-7,9,18H,2-5,8H2,1H3. The summed E-state index contributed by atoms with van der Waals surface area (Å²) in [6.45, 7) is 3.63. The van der Waals surface area contributed by atoms with Gasteiger partial charge in [0, 0.05) is 30.3 Å². The summed E-state index contributed by atoms with van der Waals surface area (Å²) in [7, 11) is 0. The van der Waals surface area contributed by atoms with Gasteiger partial charge in [-0.3, -0.25) is 0 Å². The first-order valence-corrected chi connectivity index (χ1v) is 6.99. The van der Waals surface area contributed by atoms with Gasteiger partial charge in [0.2, 0.25) is 0 Å². The van der Waals surface area contributed by atoms with Gasteiger partial charge in [-0.15, -0.1) is 0 Å². The smallest absolute Gasteiger partial charge is 0.135 e. The van der Waals surface area contributed by atoms with Gasteiger partial charge in [0.15, 0.2) is 0 Å². The van der Waals surface area contributed by atoms with Crippen molar-refractivity contribution >= 4 is 5.82 Å². The summed E-state index contributed by atoms with van der Waals surface area (Å²) >= 11 is 0. The highest BCUT2D eigenvalue weighted by molar-refractivity contribution is 5.70. The Bertz CT molecular complexity index is 634. The molecule has 5 heteroatoms. The van der Waals surface area contributed by atoms with E-state index in [0.717, 1.165) is 49.8 Å². The van der Waals surface area contributed by atoms with Gasteiger partial charge in [-0.05, 0) is 38.3 Å². The molecular formula is C15H17F2N3. The average molecular weight is 277 g/mol. The number of benzene rings is 1. The molecule has 1 aliphatic rings. The zero-order chi connectivity index (χ0) is 14.1. The minimum atomic E-state index is -0.564. The quantitative estimate of drug-likeness (QED) is 0.909. The zero-order valence-electron chi connectivity index (χ0n) is 11.4. The molecule has 2 aromatic rings. The minimum Gasteiger partial charge on any atom is -0.370 e. The fraction of sp³-hybridized carbons (Fsp3) is 0.400. The number of rotatable bonds is 2. The lowest BCUT2D eigenvalue weighted by molar-refractivity contribution is 0.584. The molecule has 1 aromatic carbocycles. The third-order valence-corrected chi connectivity index (χ3v) is 3.68. The number of aryl methyl sites for hydroxylation is 1. The fourth-order valence-electron chi connectivity index (χ4n) is 2.69. The average Bonchev–Trinajstić information content (AvgIpc) is 2.60. The first kappa shape index (κ1) is 13.1. The molecule has 20 heavy (non-hydrogen) atoms. The van der Waals surface area contributed by atoms with Gasteiger partial charge in [0.25, 0.3) is 0 Å². The van der Waals surface area contributed by atoms with Crippen LogP contribution in [-0.4, -0.2) is 16.3 Å². The van der Waals surface area contributed by atoms with Gasteiger partial charge in [-0.25, -0.2) is 13.5 Å². The van der Waals surface area contributed by atoms with Crippen LogP contribution in [0.2, 0.25) is 0 Å². The molecule has 0 amide bonds. The van der Waals surface area contributed by atoms with Gasteiger partial charge in [-0.1, -0.05) is 0 Å². The van der Waals surface area contributed by atoms with Gasteiger partial charge in [-0.2, -0.15) is 5.10 Å². The summed E-state index contributed by atoms with van der Waals surface area (Å²) in [5, 5.41) is 7.87. The molecule has 0 bridgehead atoms. The van der Waals surface area contributed by atoms with Gasteiger partial charge in [0.05, 0.1) is 0 Å². The maximum absolute atomic E-state index is 14.0. The number of nitrogens with zero attached hydrogens (tertiary/aromatic N) is 2. The lowest BCUT2D eigenvalue weighted by atomic mass is 10.0. The van der Waals surface area contributed by atoms with Gasteiger partial charge in [0.1, 0.15) is 23.1 Å². The van der Waals surface area contributed by atoms with E-state index in [1.807, 2.05) is 11.6 Å². The second-order valence-corrected chi connectivity index (χ2v) is 5.00. The predicted molar refractivity (Wildman–Crippen MR) is 74.7 cm³/mol. The molecule has 3 nitrogen and oxygen atoms in total. The van der Waals surface area contributed by atoms with E-state index in [1.165, 1.54) is 12.1 Å². The minimum absolute atomic E-state index is 0.374. The Labute approximate surface area is 116 Å². The molecule has 0 aliphatic carbocycles. The van der Waals surface area contributed by atoms with Crippen LogP contribution in [0.3, 0.4) is 0 Å². The molecule has 0 radical (unpaired) electrons. The Hall–Kier alpha value is -1.91. The molecule has 0 unspecified atom stereocenters. The maximum Gasteiger partial charge on any atom is 0.135 e. The number of anilines is 1. The second-order valence-electron chi connectivity index (χ2n) is 5.00. The highest BCUT2D eigenvalue weighted by atomic mass is 19.1. The van der Waals surface area contributed by atoms with Crippen LogP contribution in [0.1, 0.15) is 25.3 Å². The zero-order valence-corrected chi connectivity index (χ0v) is 11.4. The van der Waals surface area contributed by atoms with Crippen LogP contribution >= 0.6 is 0 Å². The molecule has 106 valence electrons. The van der Waals surface area contributed by atoms with Crippen molar-refractivity contribution in [3.8, 4) is 11.3 Å². The normalized spacial score (nSPS) is 14.6. The van der Waals surface area contributed by atoms with Crippen LogP contribution in [0, 0.1) is 11.6 Å². The Kier molecular flexibility index (Phi) is 3.42. The summed E-state index contributed by atoms with van der Waals surface area (Å²) in [4.78, 5) is 0. The van der Waals surface area contributed by atoms with Crippen molar-refractivity contribution < 1.29 is 8.78 Å². The van der Waals surface area contributed by atoms with E-state index in [-0.39, 0.29) is 0 Å². The second kappa shape index (κ2) is 5.23. The number of halogens is 2. The van der Waals surface area contributed by atoms with Crippen molar-refractivity contribution in [2.45, 2.75) is 32.7 Å². The van der Waals surface area contributed by atoms with E-state index in [4.69, 9.17) is 0 Å². The highest BCUT2D eigenvalue weighted by Gasteiger charge is 2.22. The molecule has 3 rings (SSSR count). The largest absolute Gasteiger partial charge is 0.370 e. The lowest BCUT2D eigenvalue weighted by Crippen LogP contribution is -2.07. The first-order chi connectivity index (χ1) is 9.70. The highest BCUT2D eigenvalue weighted by Crippen LogP contribution is 2.33. The van der Waals surface area contributed by atoms with Crippen molar-refractivity contribution in [3.63, 3.8) is 0 Å². The van der Waals surface area contributed by atoms with E-state index in [0.29, 0.717) is 11.3 Å². The molecule has 1 aromatic heterocycles. The molecule has 2 heterocycles. The molecule has 1 N–H and O–H groups in total. The Morgan fingerprint density at radius 1 is 1.30 bits per heavy atom. The number of nitrogens with one attached hydrogen (secondary N) is 1. The third kappa shape index (κ3) is 2.17. The lowest BCUT2D eigenvalue weighted by Gasteiger charge is -2.06. The maximum atomic E-state index is 14.0. The number of aromatic nitrogens is 2. The number of hydrogen-bond donors (Lipinski definition) is 1. The van der Waals surface area contributed by atoms with E-state index < -0.39 is 11.6 Å². The Morgan fingerprint density at radius 3 is 2.90 bits per heavy atom. The molecular weight excluding hydrogens is 260 g/mol. The van der Waals surface area contributed by atoms with Crippen molar-refractivity contribution in [2.24, 2.45) is 0 Å². The van der Waals surface area contributed by atoms with Gasteiger partial charge < -0.3 is 5.32 Å². The molecule has 0 saturated carbocycles. The van der Waals surface area contributed by atoms with Gasteiger partial charge >= 0.3 is 0 Å². The van der Waals surface area contributed by atoms with Crippen LogP contribution in [0.15, 0.2) is 18.2 Å². The molecule has 1 aliphatic heterocycles. The van der Waals surface area contributed by atoms with E-state index in [1.54, 1.807) is 0 Å². The van der Waals surface area contributed by atoms with Crippen LogP contribution in [0.25, 0.3) is 11.3 Å².